The highest BCUT2D eigenvalue weighted by molar-refractivity contribution is 6.42. The lowest BCUT2D eigenvalue weighted by atomic mass is 10.3. The Kier molecular flexibility index (Phi) is 4.27. The minimum absolute atomic E-state index is 0.0532. The number of ether oxygens (including phenoxy) is 1. The Hall–Kier alpha value is -1.24. The van der Waals surface area contributed by atoms with Gasteiger partial charge in [0.15, 0.2) is 5.69 Å². The molecule has 3 nitrogen and oxygen atoms in total. The van der Waals surface area contributed by atoms with Crippen LogP contribution in [-0.4, -0.2) is 9.97 Å². The minimum atomic E-state index is -4.66. The Morgan fingerprint density at radius 2 is 1.75 bits per heavy atom. The average Bonchev–Trinajstić information content (AvgIpc) is 2.33. The SMILES string of the molecule is FC(F)(F)c1cc(Oc2cccc(Cl)c2Cl)nc(Cl)n1. The Labute approximate surface area is 126 Å². The van der Waals surface area contributed by atoms with E-state index < -0.39 is 17.2 Å². The summed E-state index contributed by atoms with van der Waals surface area (Å²) in [6.45, 7) is 0. The van der Waals surface area contributed by atoms with Crippen LogP contribution in [0.2, 0.25) is 15.3 Å². The summed E-state index contributed by atoms with van der Waals surface area (Å²) in [4.78, 5) is 6.62. The molecule has 2 aromatic rings. The molecule has 0 aliphatic carbocycles. The van der Waals surface area contributed by atoms with Gasteiger partial charge in [0.05, 0.1) is 5.02 Å². The van der Waals surface area contributed by atoms with Crippen LogP contribution in [0, 0.1) is 0 Å². The predicted molar refractivity (Wildman–Crippen MR) is 68.6 cm³/mol. The molecule has 0 unspecified atom stereocenters. The van der Waals surface area contributed by atoms with Crippen molar-refractivity contribution in [2.75, 3.05) is 0 Å². The van der Waals surface area contributed by atoms with E-state index in [0.717, 1.165) is 0 Å². The average molecular weight is 344 g/mol. The molecule has 0 N–H and O–H groups in total. The van der Waals surface area contributed by atoms with E-state index in [1.54, 1.807) is 0 Å². The number of halogens is 6. The van der Waals surface area contributed by atoms with Crippen LogP contribution in [0.5, 0.6) is 11.6 Å². The molecule has 1 aromatic heterocycles. The molecule has 0 fully saturated rings. The lowest BCUT2D eigenvalue weighted by Gasteiger charge is -2.10. The first-order chi connectivity index (χ1) is 9.27. The molecular formula is C11H4Cl3F3N2O. The first-order valence-corrected chi connectivity index (χ1v) is 6.14. The van der Waals surface area contributed by atoms with Gasteiger partial charge in [-0.15, -0.1) is 0 Å². The molecule has 2 rings (SSSR count). The fraction of sp³-hybridized carbons (Fsp3) is 0.0909. The minimum Gasteiger partial charge on any atom is -0.437 e. The standard InChI is InChI=1S/C11H4Cl3F3N2O/c12-5-2-1-3-6(9(5)13)20-8-4-7(11(15,16)17)18-10(14)19-8/h1-4H. The highest BCUT2D eigenvalue weighted by atomic mass is 35.5. The summed E-state index contributed by atoms with van der Waals surface area (Å²) in [5, 5.41) is -0.342. The number of benzene rings is 1. The summed E-state index contributed by atoms with van der Waals surface area (Å²) in [5.74, 6) is -0.330. The molecule has 106 valence electrons. The molecule has 20 heavy (non-hydrogen) atoms. The summed E-state index contributed by atoms with van der Waals surface area (Å²) >= 11 is 17.1. The molecule has 0 amide bonds. The van der Waals surface area contributed by atoms with Crippen LogP contribution in [0.4, 0.5) is 13.2 Å². The number of rotatable bonds is 2. The van der Waals surface area contributed by atoms with Gasteiger partial charge in [-0.3, -0.25) is 0 Å². The van der Waals surface area contributed by atoms with Gasteiger partial charge < -0.3 is 4.74 Å². The van der Waals surface area contributed by atoms with Crippen molar-refractivity contribution in [1.29, 1.82) is 0 Å². The van der Waals surface area contributed by atoms with Gasteiger partial charge >= 0.3 is 6.18 Å². The fourth-order valence-electron chi connectivity index (χ4n) is 1.27. The van der Waals surface area contributed by atoms with Crippen molar-refractivity contribution in [2.24, 2.45) is 0 Å². The van der Waals surface area contributed by atoms with Crippen LogP contribution in [0.25, 0.3) is 0 Å². The summed E-state index contributed by atoms with van der Waals surface area (Å²) in [6, 6.07) is 5.07. The van der Waals surface area contributed by atoms with Gasteiger partial charge in [-0.1, -0.05) is 29.3 Å². The zero-order valence-corrected chi connectivity index (χ0v) is 11.6. The molecular weight excluding hydrogens is 339 g/mol. The molecule has 0 atom stereocenters. The van der Waals surface area contributed by atoms with E-state index >= 15 is 0 Å². The zero-order valence-electron chi connectivity index (χ0n) is 9.38. The van der Waals surface area contributed by atoms with Crippen molar-refractivity contribution in [3.05, 3.63) is 45.3 Å². The topological polar surface area (TPSA) is 35.0 Å². The summed E-state index contributed by atoms with van der Waals surface area (Å²) in [5.41, 5.74) is -1.22. The Morgan fingerprint density at radius 1 is 1.05 bits per heavy atom. The number of aromatic nitrogens is 2. The van der Waals surface area contributed by atoms with Crippen LogP contribution in [0.15, 0.2) is 24.3 Å². The van der Waals surface area contributed by atoms with Crippen molar-refractivity contribution in [1.82, 2.24) is 9.97 Å². The molecule has 1 aromatic carbocycles. The number of hydrogen-bond donors (Lipinski definition) is 0. The van der Waals surface area contributed by atoms with E-state index in [-0.39, 0.29) is 21.7 Å². The predicted octanol–water partition coefficient (Wildman–Crippen LogP) is 5.25. The van der Waals surface area contributed by atoms with Crippen LogP contribution in [-0.2, 0) is 6.18 Å². The fourth-order valence-corrected chi connectivity index (χ4v) is 1.77. The maximum atomic E-state index is 12.6. The van der Waals surface area contributed by atoms with E-state index in [2.05, 4.69) is 9.97 Å². The van der Waals surface area contributed by atoms with E-state index in [1.165, 1.54) is 18.2 Å². The van der Waals surface area contributed by atoms with Crippen LogP contribution >= 0.6 is 34.8 Å². The molecule has 0 saturated heterocycles. The number of hydrogen-bond acceptors (Lipinski definition) is 3. The highest BCUT2D eigenvalue weighted by Crippen LogP contribution is 2.36. The zero-order chi connectivity index (χ0) is 14.9. The van der Waals surface area contributed by atoms with Crippen LogP contribution < -0.4 is 4.74 Å². The first-order valence-electron chi connectivity index (χ1n) is 5.01. The van der Waals surface area contributed by atoms with Gasteiger partial charge in [0.2, 0.25) is 11.2 Å². The molecule has 0 bridgehead atoms. The van der Waals surface area contributed by atoms with E-state index in [0.29, 0.717) is 6.07 Å². The maximum absolute atomic E-state index is 12.6. The quantitative estimate of drug-likeness (QED) is 0.699. The summed E-state index contributed by atoms with van der Waals surface area (Å²) < 4.78 is 42.9. The Morgan fingerprint density at radius 3 is 2.40 bits per heavy atom. The molecule has 1 heterocycles. The van der Waals surface area contributed by atoms with E-state index in [9.17, 15) is 13.2 Å². The number of alkyl halides is 3. The van der Waals surface area contributed by atoms with E-state index in [4.69, 9.17) is 39.5 Å². The van der Waals surface area contributed by atoms with Crippen molar-refractivity contribution in [2.45, 2.75) is 6.18 Å². The third-order valence-corrected chi connectivity index (χ3v) is 3.07. The second-order valence-electron chi connectivity index (χ2n) is 3.51. The summed E-state index contributed by atoms with van der Waals surface area (Å²) in [7, 11) is 0. The highest BCUT2D eigenvalue weighted by Gasteiger charge is 2.34. The van der Waals surface area contributed by atoms with Crippen LogP contribution in [0.3, 0.4) is 0 Å². The lowest BCUT2D eigenvalue weighted by Crippen LogP contribution is -2.09. The Balaban J connectivity index is 2.39. The van der Waals surface area contributed by atoms with Gasteiger partial charge in [0.25, 0.3) is 0 Å². The van der Waals surface area contributed by atoms with Gasteiger partial charge in [-0.25, -0.2) is 4.98 Å². The van der Waals surface area contributed by atoms with Crippen molar-refractivity contribution < 1.29 is 17.9 Å². The first kappa shape index (κ1) is 15.2. The third-order valence-electron chi connectivity index (χ3n) is 2.10. The largest absolute Gasteiger partial charge is 0.437 e. The van der Waals surface area contributed by atoms with E-state index in [1.807, 2.05) is 0 Å². The van der Waals surface area contributed by atoms with Gasteiger partial charge in [-0.05, 0) is 23.7 Å². The molecule has 0 saturated carbocycles. The second kappa shape index (κ2) is 5.63. The lowest BCUT2D eigenvalue weighted by molar-refractivity contribution is -0.141. The van der Waals surface area contributed by atoms with Crippen LogP contribution in [0.1, 0.15) is 5.69 Å². The molecule has 0 aliphatic rings. The third kappa shape index (κ3) is 3.45. The normalized spacial score (nSPS) is 11.5. The second-order valence-corrected chi connectivity index (χ2v) is 4.64. The Bertz CT molecular complexity index is 649. The van der Waals surface area contributed by atoms with Gasteiger partial charge in [-0.2, -0.15) is 18.2 Å². The molecule has 9 heteroatoms. The molecule has 0 radical (unpaired) electrons. The molecule has 0 aliphatic heterocycles. The van der Waals surface area contributed by atoms with Crippen molar-refractivity contribution >= 4 is 34.8 Å². The van der Waals surface area contributed by atoms with Gasteiger partial charge in [0, 0.05) is 6.07 Å². The maximum Gasteiger partial charge on any atom is 0.433 e. The van der Waals surface area contributed by atoms with Crippen molar-refractivity contribution in [3.8, 4) is 11.6 Å². The van der Waals surface area contributed by atoms with Crippen molar-refractivity contribution in [3.63, 3.8) is 0 Å². The molecule has 0 spiro atoms. The smallest absolute Gasteiger partial charge is 0.433 e. The summed E-state index contributed by atoms with van der Waals surface area (Å²) in [6.07, 6.45) is -4.66. The number of nitrogens with zero attached hydrogens (tertiary/aromatic N) is 2. The van der Waals surface area contributed by atoms with Gasteiger partial charge in [0.1, 0.15) is 10.8 Å². The monoisotopic (exact) mass is 342 g/mol.